The van der Waals surface area contributed by atoms with Crippen LogP contribution in [0.25, 0.3) is 10.9 Å². The summed E-state index contributed by atoms with van der Waals surface area (Å²) in [6.07, 6.45) is 7.09. The molecule has 4 bridgehead atoms. The van der Waals surface area contributed by atoms with E-state index in [0.717, 1.165) is 73.7 Å². The van der Waals surface area contributed by atoms with Gasteiger partial charge in [-0.2, -0.15) is 5.10 Å². The molecule has 3 saturated carbocycles. The van der Waals surface area contributed by atoms with Crippen LogP contribution in [0.2, 0.25) is 0 Å². The Kier molecular flexibility index (Phi) is 4.09. The second-order valence-corrected chi connectivity index (χ2v) is 10.6. The predicted octanol–water partition coefficient (Wildman–Crippen LogP) is 4.23. The molecule has 2 aliphatic heterocycles. The molecule has 5 aliphatic rings. The molecule has 2 saturated heterocycles. The van der Waals surface area contributed by atoms with E-state index in [0.29, 0.717) is 18.3 Å². The van der Waals surface area contributed by atoms with Gasteiger partial charge in [0.25, 0.3) is 0 Å². The third-order valence-electron chi connectivity index (χ3n) is 8.14. The molecule has 2 aromatic rings. The molecule has 5 nitrogen and oxygen atoms in total. The number of carbonyl (C=O) groups is 1. The highest BCUT2D eigenvalue weighted by molar-refractivity contribution is 5.87. The molecule has 5 fully saturated rings. The van der Waals surface area contributed by atoms with Crippen molar-refractivity contribution in [1.29, 1.82) is 0 Å². The van der Waals surface area contributed by atoms with Gasteiger partial charge in [0.2, 0.25) is 5.91 Å². The van der Waals surface area contributed by atoms with Crippen LogP contribution in [0.3, 0.4) is 0 Å². The summed E-state index contributed by atoms with van der Waals surface area (Å²) < 4.78 is 14.6. The standard InChI is InChI=1S/C24H30FN3O2/c1-13(23-22-19(26-27-23)5-4-18(25)21(22)16-2-3-16)6-20(29)28-12-15-7-14-8-17(28)11-24(30,9-14)10-15/h4-5,13-17,30H,2-3,6-12H2,1H3,(H,26,27). The minimum absolute atomic E-state index is 0.0532. The Balaban J connectivity index is 1.27. The molecule has 1 aromatic heterocycles. The number of rotatable bonds is 4. The second kappa shape index (κ2) is 6.52. The average molecular weight is 412 g/mol. The van der Waals surface area contributed by atoms with Gasteiger partial charge in [-0.1, -0.05) is 6.92 Å². The fourth-order valence-electron chi connectivity index (χ4n) is 6.90. The first-order valence-corrected chi connectivity index (χ1v) is 11.6. The molecule has 0 spiro atoms. The van der Waals surface area contributed by atoms with E-state index in [-0.39, 0.29) is 29.6 Å². The van der Waals surface area contributed by atoms with E-state index >= 15 is 0 Å². The fraction of sp³-hybridized carbons (Fsp3) is 0.667. The third kappa shape index (κ3) is 2.98. The number of halogens is 1. The smallest absolute Gasteiger partial charge is 0.223 e. The summed E-state index contributed by atoms with van der Waals surface area (Å²) in [4.78, 5) is 15.5. The van der Waals surface area contributed by atoms with E-state index in [1.54, 1.807) is 6.07 Å². The maximum Gasteiger partial charge on any atom is 0.223 e. The lowest BCUT2D eigenvalue weighted by atomic mass is 9.65. The summed E-state index contributed by atoms with van der Waals surface area (Å²) in [6, 6.07) is 3.42. The number of nitrogens with zero attached hydrogens (tertiary/aromatic N) is 2. The highest BCUT2D eigenvalue weighted by Crippen LogP contribution is 2.50. The van der Waals surface area contributed by atoms with E-state index in [1.165, 1.54) is 6.07 Å². The quantitative estimate of drug-likeness (QED) is 0.791. The van der Waals surface area contributed by atoms with E-state index < -0.39 is 5.60 Å². The zero-order chi connectivity index (χ0) is 20.6. The fourth-order valence-corrected chi connectivity index (χ4v) is 6.90. The first-order valence-electron chi connectivity index (χ1n) is 11.6. The first-order chi connectivity index (χ1) is 14.4. The van der Waals surface area contributed by atoms with Gasteiger partial charge in [-0.15, -0.1) is 0 Å². The zero-order valence-electron chi connectivity index (χ0n) is 17.5. The van der Waals surface area contributed by atoms with Gasteiger partial charge in [-0.05, 0) is 74.8 Å². The van der Waals surface area contributed by atoms with Crippen molar-refractivity contribution in [1.82, 2.24) is 15.1 Å². The van der Waals surface area contributed by atoms with Crippen molar-refractivity contribution in [2.45, 2.75) is 81.8 Å². The average Bonchev–Trinajstić information content (AvgIpc) is 3.44. The molecule has 3 aliphatic carbocycles. The minimum atomic E-state index is -0.562. The Bertz CT molecular complexity index is 1020. The van der Waals surface area contributed by atoms with Crippen LogP contribution in [-0.4, -0.2) is 44.3 Å². The number of aromatic nitrogens is 2. The van der Waals surface area contributed by atoms with E-state index in [9.17, 15) is 14.3 Å². The number of hydrogen-bond donors (Lipinski definition) is 2. The van der Waals surface area contributed by atoms with Crippen molar-refractivity contribution in [2.24, 2.45) is 11.8 Å². The van der Waals surface area contributed by atoms with Crippen LogP contribution < -0.4 is 0 Å². The summed E-state index contributed by atoms with van der Waals surface area (Å²) in [7, 11) is 0. The molecule has 30 heavy (non-hydrogen) atoms. The number of amides is 1. The molecule has 5 atom stereocenters. The van der Waals surface area contributed by atoms with Crippen LogP contribution in [0.4, 0.5) is 4.39 Å². The Labute approximate surface area is 176 Å². The zero-order valence-corrected chi connectivity index (χ0v) is 17.5. The largest absolute Gasteiger partial charge is 0.390 e. The molecule has 2 N–H and O–H groups in total. The molecule has 1 amide bonds. The molecule has 0 radical (unpaired) electrons. The van der Waals surface area contributed by atoms with Crippen LogP contribution >= 0.6 is 0 Å². The number of fused-ring (bicyclic) bond motifs is 2. The van der Waals surface area contributed by atoms with E-state index in [1.807, 2.05) is 6.92 Å². The monoisotopic (exact) mass is 411 g/mol. The van der Waals surface area contributed by atoms with Crippen molar-refractivity contribution in [2.75, 3.05) is 6.54 Å². The van der Waals surface area contributed by atoms with Gasteiger partial charge >= 0.3 is 0 Å². The molecule has 7 rings (SSSR count). The lowest BCUT2D eigenvalue weighted by Crippen LogP contribution is -2.48. The number of aliphatic hydroxyl groups is 1. The summed E-state index contributed by atoms with van der Waals surface area (Å²) in [5, 5.41) is 19.4. The van der Waals surface area contributed by atoms with Gasteiger partial charge in [0.1, 0.15) is 5.82 Å². The molecule has 6 heteroatoms. The van der Waals surface area contributed by atoms with Crippen molar-refractivity contribution in [3.8, 4) is 0 Å². The van der Waals surface area contributed by atoms with Gasteiger partial charge in [0.05, 0.1) is 11.1 Å². The van der Waals surface area contributed by atoms with Crippen molar-refractivity contribution >= 4 is 16.8 Å². The SMILES string of the molecule is CC(CC(=O)N1CC2CC3CC1CC(O)(C3)C2)c1[nH]nc2ccc(F)c(C3CC3)c12. The topological polar surface area (TPSA) is 69.2 Å². The Morgan fingerprint density at radius 1 is 1.30 bits per heavy atom. The highest BCUT2D eigenvalue weighted by atomic mass is 19.1. The summed E-state index contributed by atoms with van der Waals surface area (Å²) >= 11 is 0. The number of benzene rings is 1. The van der Waals surface area contributed by atoms with Crippen LogP contribution in [0.1, 0.15) is 81.4 Å². The van der Waals surface area contributed by atoms with Crippen LogP contribution in [0.5, 0.6) is 0 Å². The number of H-pyrrole nitrogens is 1. The maximum atomic E-state index is 14.6. The highest BCUT2D eigenvalue weighted by Gasteiger charge is 2.51. The predicted molar refractivity (Wildman–Crippen MR) is 112 cm³/mol. The molecular weight excluding hydrogens is 381 g/mol. The van der Waals surface area contributed by atoms with Crippen molar-refractivity contribution in [3.05, 3.63) is 29.2 Å². The first kappa shape index (κ1) is 18.8. The number of aromatic amines is 1. The van der Waals surface area contributed by atoms with Gasteiger partial charge in [0, 0.05) is 41.6 Å². The third-order valence-corrected chi connectivity index (χ3v) is 8.14. The number of hydrogen-bond acceptors (Lipinski definition) is 3. The Morgan fingerprint density at radius 3 is 2.87 bits per heavy atom. The van der Waals surface area contributed by atoms with Crippen molar-refractivity contribution in [3.63, 3.8) is 0 Å². The van der Waals surface area contributed by atoms with Gasteiger partial charge in [-0.3, -0.25) is 9.89 Å². The normalized spacial score (nSPS) is 33.8. The van der Waals surface area contributed by atoms with E-state index in [4.69, 9.17) is 0 Å². The lowest BCUT2D eigenvalue weighted by molar-refractivity contribution is -0.135. The lowest BCUT2D eigenvalue weighted by Gasteiger charge is -2.45. The molecule has 160 valence electrons. The maximum absolute atomic E-state index is 14.6. The number of carbonyl (C=O) groups excluding carboxylic acids is 1. The molecule has 3 heterocycles. The van der Waals surface area contributed by atoms with Gasteiger partial charge < -0.3 is 10.0 Å². The van der Waals surface area contributed by atoms with Crippen molar-refractivity contribution < 1.29 is 14.3 Å². The Hall–Kier alpha value is -1.95. The summed E-state index contributed by atoms with van der Waals surface area (Å²) in [5.74, 6) is 1.22. The molecule has 5 unspecified atom stereocenters. The minimum Gasteiger partial charge on any atom is -0.390 e. The van der Waals surface area contributed by atoms with Gasteiger partial charge in [0.15, 0.2) is 0 Å². The Morgan fingerprint density at radius 2 is 2.10 bits per heavy atom. The van der Waals surface area contributed by atoms with Crippen LogP contribution in [0, 0.1) is 17.7 Å². The van der Waals surface area contributed by atoms with Gasteiger partial charge in [-0.25, -0.2) is 4.39 Å². The summed E-state index contributed by atoms with van der Waals surface area (Å²) in [6.45, 7) is 2.82. The van der Waals surface area contributed by atoms with E-state index in [2.05, 4.69) is 15.1 Å². The molecular formula is C24H30FN3O2. The number of nitrogens with one attached hydrogen (secondary N) is 1. The molecule has 1 aromatic carbocycles. The second-order valence-electron chi connectivity index (χ2n) is 10.6. The summed E-state index contributed by atoms with van der Waals surface area (Å²) in [5.41, 5.74) is 1.90. The van der Waals surface area contributed by atoms with Crippen LogP contribution in [-0.2, 0) is 4.79 Å². The van der Waals surface area contributed by atoms with Crippen LogP contribution in [0.15, 0.2) is 12.1 Å².